The van der Waals surface area contributed by atoms with Crippen molar-refractivity contribution in [3.63, 3.8) is 0 Å². The zero-order valence-corrected chi connectivity index (χ0v) is 13.3. The molecule has 5 heteroatoms. The molecule has 19 heavy (non-hydrogen) atoms. The SMILES string of the molecule is CS(=O)Cc1cc(NC(=O)CC(C)(C)C)ccc1Cl. The Labute approximate surface area is 122 Å². The molecule has 1 rings (SSSR count). The van der Waals surface area contributed by atoms with Crippen molar-refractivity contribution in [2.45, 2.75) is 32.9 Å². The van der Waals surface area contributed by atoms with Gasteiger partial charge in [-0.2, -0.15) is 0 Å². The van der Waals surface area contributed by atoms with E-state index in [2.05, 4.69) is 5.32 Å². The van der Waals surface area contributed by atoms with Crippen molar-refractivity contribution in [2.24, 2.45) is 5.41 Å². The fraction of sp³-hybridized carbons (Fsp3) is 0.500. The minimum absolute atomic E-state index is 0.0293. The molecule has 3 nitrogen and oxygen atoms in total. The predicted molar refractivity (Wildman–Crippen MR) is 81.9 cm³/mol. The Bertz CT molecular complexity index is 495. The molecular weight excluding hydrogens is 282 g/mol. The third-order valence-electron chi connectivity index (χ3n) is 2.38. The second-order valence-corrected chi connectivity index (χ2v) is 7.65. The van der Waals surface area contributed by atoms with Crippen molar-refractivity contribution in [1.29, 1.82) is 0 Å². The molecule has 0 aromatic heterocycles. The Kier molecular flexibility index (Phi) is 5.56. The van der Waals surface area contributed by atoms with Crippen LogP contribution in [0.1, 0.15) is 32.8 Å². The highest BCUT2D eigenvalue weighted by Gasteiger charge is 2.16. The maximum absolute atomic E-state index is 11.8. The van der Waals surface area contributed by atoms with Gasteiger partial charge in [0, 0.05) is 39.9 Å². The Hall–Kier alpha value is -0.870. The topological polar surface area (TPSA) is 46.2 Å². The molecule has 1 N–H and O–H groups in total. The van der Waals surface area contributed by atoms with Gasteiger partial charge in [0.25, 0.3) is 0 Å². The number of hydrogen-bond acceptors (Lipinski definition) is 2. The minimum atomic E-state index is -0.961. The molecule has 0 saturated carbocycles. The predicted octanol–water partition coefficient (Wildman–Crippen LogP) is 3.59. The van der Waals surface area contributed by atoms with Gasteiger partial charge in [-0.1, -0.05) is 32.4 Å². The van der Waals surface area contributed by atoms with Gasteiger partial charge >= 0.3 is 0 Å². The Morgan fingerprint density at radius 2 is 2.00 bits per heavy atom. The third kappa shape index (κ3) is 6.21. The number of hydrogen-bond donors (Lipinski definition) is 1. The first-order chi connectivity index (χ1) is 8.67. The molecule has 0 heterocycles. The van der Waals surface area contributed by atoms with Crippen molar-refractivity contribution in [2.75, 3.05) is 11.6 Å². The van der Waals surface area contributed by atoms with Crippen LogP contribution in [-0.2, 0) is 21.3 Å². The van der Waals surface area contributed by atoms with Gasteiger partial charge in [0.05, 0.1) is 0 Å². The van der Waals surface area contributed by atoms with Crippen LogP contribution in [0.25, 0.3) is 0 Å². The van der Waals surface area contributed by atoms with E-state index in [0.29, 0.717) is 22.9 Å². The lowest BCUT2D eigenvalue weighted by Crippen LogP contribution is -2.19. The number of benzene rings is 1. The Balaban J connectivity index is 2.79. The number of rotatable bonds is 4. The quantitative estimate of drug-likeness (QED) is 0.923. The molecule has 0 spiro atoms. The van der Waals surface area contributed by atoms with Crippen molar-refractivity contribution < 1.29 is 9.00 Å². The van der Waals surface area contributed by atoms with Gasteiger partial charge < -0.3 is 5.32 Å². The van der Waals surface area contributed by atoms with Crippen molar-refractivity contribution in [3.8, 4) is 0 Å². The van der Waals surface area contributed by atoms with Gasteiger partial charge in [0.1, 0.15) is 0 Å². The lowest BCUT2D eigenvalue weighted by atomic mass is 9.92. The molecule has 0 saturated heterocycles. The molecule has 1 aromatic carbocycles. The molecule has 106 valence electrons. The van der Waals surface area contributed by atoms with E-state index in [1.54, 1.807) is 24.5 Å². The van der Waals surface area contributed by atoms with E-state index in [4.69, 9.17) is 11.6 Å². The van der Waals surface area contributed by atoms with Gasteiger partial charge in [0.2, 0.25) is 5.91 Å². The zero-order valence-electron chi connectivity index (χ0n) is 11.7. The van der Waals surface area contributed by atoms with Crippen LogP contribution in [0.15, 0.2) is 18.2 Å². The summed E-state index contributed by atoms with van der Waals surface area (Å²) in [5, 5.41) is 3.42. The van der Waals surface area contributed by atoms with Gasteiger partial charge in [-0.3, -0.25) is 9.00 Å². The average molecular weight is 302 g/mol. The summed E-state index contributed by atoms with van der Waals surface area (Å²) in [6.07, 6.45) is 2.08. The van der Waals surface area contributed by atoms with E-state index in [9.17, 15) is 9.00 Å². The molecule has 1 aromatic rings. The molecule has 0 bridgehead atoms. The molecule has 0 fully saturated rings. The number of halogens is 1. The van der Waals surface area contributed by atoms with E-state index in [0.717, 1.165) is 5.56 Å². The number of carbonyl (C=O) groups excluding carboxylic acids is 1. The molecule has 1 unspecified atom stereocenters. The van der Waals surface area contributed by atoms with E-state index >= 15 is 0 Å². The highest BCUT2D eigenvalue weighted by atomic mass is 35.5. The highest BCUT2D eigenvalue weighted by Crippen LogP contribution is 2.23. The molecule has 0 aliphatic heterocycles. The van der Waals surface area contributed by atoms with Gasteiger partial charge in [-0.25, -0.2) is 0 Å². The molecule has 0 aliphatic carbocycles. The normalized spacial score (nSPS) is 13.1. The van der Waals surface area contributed by atoms with E-state index in [1.165, 1.54) is 0 Å². The summed E-state index contributed by atoms with van der Waals surface area (Å²) < 4.78 is 11.3. The van der Waals surface area contributed by atoms with Crippen LogP contribution in [0.4, 0.5) is 5.69 Å². The van der Waals surface area contributed by atoms with Gasteiger partial charge in [-0.05, 0) is 29.2 Å². The Morgan fingerprint density at radius 1 is 1.37 bits per heavy atom. The standard InChI is InChI=1S/C14H20ClNO2S/c1-14(2,3)8-13(17)16-11-5-6-12(15)10(7-11)9-19(4)18/h5-7H,8-9H2,1-4H3,(H,16,17). The van der Waals surface area contributed by atoms with Gasteiger partial charge in [0.15, 0.2) is 0 Å². The number of anilines is 1. The average Bonchev–Trinajstić information content (AvgIpc) is 2.19. The van der Waals surface area contributed by atoms with E-state index in [1.807, 2.05) is 20.8 Å². The summed E-state index contributed by atoms with van der Waals surface area (Å²) in [6.45, 7) is 6.04. The smallest absolute Gasteiger partial charge is 0.224 e. The number of amides is 1. The zero-order chi connectivity index (χ0) is 14.6. The van der Waals surface area contributed by atoms with E-state index in [-0.39, 0.29) is 11.3 Å². The number of nitrogens with one attached hydrogen (secondary N) is 1. The lowest BCUT2D eigenvalue weighted by Gasteiger charge is -2.17. The Morgan fingerprint density at radius 3 is 2.53 bits per heavy atom. The summed E-state index contributed by atoms with van der Waals surface area (Å²) in [4.78, 5) is 11.8. The third-order valence-corrected chi connectivity index (χ3v) is 3.47. The summed E-state index contributed by atoms with van der Waals surface area (Å²) >= 11 is 6.04. The van der Waals surface area contributed by atoms with E-state index < -0.39 is 10.8 Å². The van der Waals surface area contributed by atoms with Crippen molar-refractivity contribution >= 4 is 34.0 Å². The van der Waals surface area contributed by atoms with Crippen molar-refractivity contribution in [1.82, 2.24) is 0 Å². The largest absolute Gasteiger partial charge is 0.326 e. The van der Waals surface area contributed by atoms with Crippen LogP contribution < -0.4 is 5.32 Å². The maximum Gasteiger partial charge on any atom is 0.224 e. The van der Waals surface area contributed by atoms with Gasteiger partial charge in [-0.15, -0.1) is 0 Å². The van der Waals surface area contributed by atoms with Crippen LogP contribution in [-0.4, -0.2) is 16.4 Å². The number of carbonyl (C=O) groups is 1. The van der Waals surface area contributed by atoms with Crippen LogP contribution in [0.5, 0.6) is 0 Å². The minimum Gasteiger partial charge on any atom is -0.326 e. The summed E-state index contributed by atoms with van der Waals surface area (Å²) in [5.74, 6) is 0.361. The first kappa shape index (κ1) is 16.2. The second kappa shape index (κ2) is 6.53. The fourth-order valence-electron chi connectivity index (χ4n) is 1.67. The molecule has 0 aliphatic rings. The molecule has 1 amide bonds. The fourth-order valence-corrected chi connectivity index (χ4v) is 2.61. The molecule has 0 radical (unpaired) electrons. The summed E-state index contributed by atoms with van der Waals surface area (Å²) in [7, 11) is -0.961. The van der Waals surface area contributed by atoms with Crippen LogP contribution in [0.3, 0.4) is 0 Å². The second-order valence-electron chi connectivity index (χ2n) is 5.81. The summed E-state index contributed by atoms with van der Waals surface area (Å²) in [6, 6.07) is 5.26. The molecule has 1 atom stereocenters. The van der Waals surface area contributed by atoms with Crippen LogP contribution in [0.2, 0.25) is 5.02 Å². The first-order valence-electron chi connectivity index (χ1n) is 6.06. The summed E-state index contributed by atoms with van der Waals surface area (Å²) in [5.41, 5.74) is 1.43. The van der Waals surface area contributed by atoms with Crippen molar-refractivity contribution in [3.05, 3.63) is 28.8 Å². The lowest BCUT2D eigenvalue weighted by molar-refractivity contribution is -0.117. The van der Waals surface area contributed by atoms with Crippen LogP contribution in [0, 0.1) is 5.41 Å². The first-order valence-corrected chi connectivity index (χ1v) is 8.16. The maximum atomic E-state index is 11.8. The molecular formula is C14H20ClNO2S. The highest BCUT2D eigenvalue weighted by molar-refractivity contribution is 7.83. The van der Waals surface area contributed by atoms with Crippen LogP contribution >= 0.6 is 11.6 Å². The monoisotopic (exact) mass is 301 g/mol.